The molecule has 0 radical (unpaired) electrons. The maximum Gasteiger partial charge on any atom is 0.417 e. The van der Waals surface area contributed by atoms with E-state index in [0.29, 0.717) is 31.7 Å². The van der Waals surface area contributed by atoms with Crippen molar-refractivity contribution in [3.8, 4) is 0 Å². The summed E-state index contributed by atoms with van der Waals surface area (Å²) in [7, 11) is 2.04. The number of β-amino-alcohol motifs (C(OH)–C–C–N with tert-alkyl or cyclic N) is 1. The molecule has 3 aromatic rings. The fourth-order valence-corrected chi connectivity index (χ4v) is 5.94. The van der Waals surface area contributed by atoms with Gasteiger partial charge in [-0.1, -0.05) is 43.6 Å². The highest BCUT2D eigenvalue weighted by atomic mass is 35.5. The molecule has 14 heteroatoms. The van der Waals surface area contributed by atoms with Crippen LogP contribution in [0.25, 0.3) is 0 Å². The predicted octanol–water partition coefficient (Wildman–Crippen LogP) is 5.26. The molecule has 3 N–H and O–H groups in total. The molecule has 0 aliphatic carbocycles. The van der Waals surface area contributed by atoms with Crippen LogP contribution in [-0.4, -0.2) is 110 Å². The van der Waals surface area contributed by atoms with Gasteiger partial charge in [-0.15, -0.1) is 0 Å². The summed E-state index contributed by atoms with van der Waals surface area (Å²) in [4.78, 5) is 35.8. The average molecular weight is 716 g/mol. The van der Waals surface area contributed by atoms with Crippen molar-refractivity contribution in [3.63, 3.8) is 0 Å². The fourth-order valence-electron chi connectivity index (χ4n) is 5.71. The number of nitrogens with one attached hydrogen (secondary N) is 2. The summed E-state index contributed by atoms with van der Waals surface area (Å²) in [6, 6.07) is 15.8. The first-order chi connectivity index (χ1) is 23.9. The van der Waals surface area contributed by atoms with Crippen LogP contribution in [0.1, 0.15) is 51.3 Å². The summed E-state index contributed by atoms with van der Waals surface area (Å²) in [5.41, 5.74) is 3.99. The number of carbonyl (C=O) groups is 2. The monoisotopic (exact) mass is 715 g/mol. The molecule has 0 atom stereocenters. The molecule has 2 amide bonds. The van der Waals surface area contributed by atoms with Crippen molar-refractivity contribution in [2.45, 2.75) is 26.6 Å². The Morgan fingerprint density at radius 3 is 2.40 bits per heavy atom. The largest absolute Gasteiger partial charge is 0.417 e. The minimum Gasteiger partial charge on any atom is -0.395 e. The van der Waals surface area contributed by atoms with Gasteiger partial charge in [-0.25, -0.2) is 5.43 Å². The summed E-state index contributed by atoms with van der Waals surface area (Å²) >= 11 is 5.72. The summed E-state index contributed by atoms with van der Waals surface area (Å²) in [6.45, 7) is 12.2. The van der Waals surface area contributed by atoms with E-state index in [0.717, 1.165) is 68.9 Å². The molecule has 0 unspecified atom stereocenters. The molecule has 1 heterocycles. The maximum atomic E-state index is 13.5. The number of rotatable bonds is 15. The summed E-state index contributed by atoms with van der Waals surface area (Å²) in [6.07, 6.45) is -3.56. The first-order valence-electron chi connectivity index (χ1n) is 16.6. The van der Waals surface area contributed by atoms with Gasteiger partial charge in [0.25, 0.3) is 11.8 Å². The SMILES string of the molecule is CCN(CC)CCN(C)Cc1cccc(C(=O)Nc2ccc(N3CCN(CCO)CC3)cc2C(=O)NN=Cc2ccc(Cl)c(C(F)(F)F)c2)c1. The van der Waals surface area contributed by atoms with Crippen LogP contribution in [0.4, 0.5) is 24.5 Å². The van der Waals surface area contributed by atoms with Crippen LogP contribution in [0.15, 0.2) is 65.8 Å². The van der Waals surface area contributed by atoms with E-state index in [9.17, 15) is 27.9 Å². The van der Waals surface area contributed by atoms with E-state index >= 15 is 0 Å². The van der Waals surface area contributed by atoms with Crippen LogP contribution >= 0.6 is 11.6 Å². The molecule has 270 valence electrons. The number of aliphatic hydroxyl groups excluding tert-OH is 1. The molecule has 1 aliphatic heterocycles. The standard InChI is InChI=1S/C36H45ClF3N7O3/c1-4-45(5-2)14-13-44(3)25-27-7-6-8-28(21-27)34(49)42-33-12-10-29(47-17-15-46(16-18-47)19-20-48)23-30(33)35(50)43-41-24-26-9-11-32(37)31(22-26)36(38,39)40/h6-12,21-24,48H,4-5,13-20,25H2,1-3H3,(H,42,49)(H,43,50). The Hall–Kier alpha value is -4.01. The minimum absolute atomic E-state index is 0.0725. The number of benzene rings is 3. The van der Waals surface area contributed by atoms with Crippen molar-refractivity contribution < 1.29 is 27.9 Å². The Bertz CT molecular complexity index is 1630. The van der Waals surface area contributed by atoms with Gasteiger partial charge in [0.05, 0.1) is 34.7 Å². The summed E-state index contributed by atoms with van der Waals surface area (Å²) < 4.78 is 40.0. The number of piperazine rings is 1. The Morgan fingerprint density at radius 1 is 0.980 bits per heavy atom. The van der Waals surface area contributed by atoms with Gasteiger partial charge in [0.1, 0.15) is 0 Å². The van der Waals surface area contributed by atoms with Crippen molar-refractivity contribution in [2.24, 2.45) is 5.10 Å². The first-order valence-corrected chi connectivity index (χ1v) is 17.0. The number of hydrogen-bond acceptors (Lipinski definition) is 8. The molecule has 0 aromatic heterocycles. The lowest BCUT2D eigenvalue weighted by molar-refractivity contribution is -0.137. The fraction of sp³-hybridized carbons (Fsp3) is 0.417. The molecule has 0 saturated carbocycles. The average Bonchev–Trinajstić information content (AvgIpc) is 3.09. The van der Waals surface area contributed by atoms with Gasteiger partial charge in [0.2, 0.25) is 0 Å². The minimum atomic E-state index is -4.65. The predicted molar refractivity (Wildman–Crippen MR) is 192 cm³/mol. The smallest absolute Gasteiger partial charge is 0.395 e. The molecule has 1 fully saturated rings. The van der Waals surface area contributed by atoms with Gasteiger partial charge in [-0.3, -0.25) is 14.5 Å². The van der Waals surface area contributed by atoms with Crippen LogP contribution in [0.5, 0.6) is 0 Å². The molecular formula is C36H45ClF3N7O3. The Morgan fingerprint density at radius 2 is 1.72 bits per heavy atom. The number of hydrogen-bond donors (Lipinski definition) is 3. The van der Waals surface area contributed by atoms with Gasteiger partial charge in [-0.05, 0) is 73.7 Å². The zero-order chi connectivity index (χ0) is 36.3. The second kappa shape index (κ2) is 18.3. The van der Waals surface area contributed by atoms with E-state index in [-0.39, 0.29) is 23.4 Å². The third-order valence-corrected chi connectivity index (χ3v) is 8.99. The van der Waals surface area contributed by atoms with Crippen LogP contribution in [0, 0.1) is 0 Å². The highest BCUT2D eigenvalue weighted by Crippen LogP contribution is 2.35. The lowest BCUT2D eigenvalue weighted by atomic mass is 10.1. The number of hydrazone groups is 1. The lowest BCUT2D eigenvalue weighted by Gasteiger charge is -2.36. The van der Waals surface area contributed by atoms with Crippen molar-refractivity contribution >= 4 is 41.0 Å². The van der Waals surface area contributed by atoms with Crippen molar-refractivity contribution in [1.29, 1.82) is 0 Å². The van der Waals surface area contributed by atoms with Crippen molar-refractivity contribution in [3.05, 3.63) is 93.5 Å². The second-order valence-corrected chi connectivity index (χ2v) is 12.5. The van der Waals surface area contributed by atoms with E-state index in [1.165, 1.54) is 6.07 Å². The number of carbonyl (C=O) groups excluding carboxylic acids is 2. The molecule has 50 heavy (non-hydrogen) atoms. The Labute approximate surface area is 296 Å². The van der Waals surface area contributed by atoms with Gasteiger partial charge in [-0.2, -0.15) is 18.3 Å². The third kappa shape index (κ3) is 11.0. The van der Waals surface area contributed by atoms with Gasteiger partial charge >= 0.3 is 6.18 Å². The van der Waals surface area contributed by atoms with E-state index in [2.05, 4.69) is 49.3 Å². The zero-order valence-electron chi connectivity index (χ0n) is 28.6. The molecule has 3 aromatic carbocycles. The van der Waals surface area contributed by atoms with E-state index < -0.39 is 28.6 Å². The molecule has 1 saturated heterocycles. The highest BCUT2D eigenvalue weighted by molar-refractivity contribution is 6.31. The van der Waals surface area contributed by atoms with E-state index in [1.807, 2.05) is 31.3 Å². The van der Waals surface area contributed by atoms with Crippen LogP contribution in [0.2, 0.25) is 5.02 Å². The molecule has 4 rings (SSSR count). The second-order valence-electron chi connectivity index (χ2n) is 12.1. The normalized spacial score (nSPS) is 14.2. The topological polar surface area (TPSA) is 104 Å². The summed E-state index contributed by atoms with van der Waals surface area (Å²) in [5, 5.41) is 15.6. The third-order valence-electron chi connectivity index (χ3n) is 8.66. The number of nitrogens with zero attached hydrogens (tertiary/aromatic N) is 5. The van der Waals surface area contributed by atoms with Gasteiger partial charge < -0.3 is 25.1 Å². The van der Waals surface area contributed by atoms with Crippen molar-refractivity contribution in [2.75, 3.05) is 82.8 Å². The molecule has 1 aliphatic rings. The number of aliphatic hydroxyl groups is 1. The van der Waals surface area contributed by atoms with Crippen LogP contribution < -0.4 is 15.6 Å². The maximum absolute atomic E-state index is 13.5. The van der Waals surface area contributed by atoms with E-state index in [1.54, 1.807) is 18.2 Å². The quantitative estimate of drug-likeness (QED) is 0.146. The van der Waals surface area contributed by atoms with Crippen LogP contribution in [-0.2, 0) is 12.7 Å². The first kappa shape index (κ1) is 38.8. The highest BCUT2D eigenvalue weighted by Gasteiger charge is 2.33. The molecule has 0 bridgehead atoms. The number of likely N-dealkylation sites (N-methyl/N-ethyl adjacent to an activating group) is 2. The summed E-state index contributed by atoms with van der Waals surface area (Å²) in [5.74, 6) is -1.06. The molecular weight excluding hydrogens is 671 g/mol. The number of amides is 2. The van der Waals surface area contributed by atoms with Crippen molar-refractivity contribution in [1.82, 2.24) is 20.1 Å². The van der Waals surface area contributed by atoms with Gasteiger partial charge in [0, 0.05) is 63.6 Å². The van der Waals surface area contributed by atoms with E-state index in [4.69, 9.17) is 11.6 Å². The number of alkyl halides is 3. The molecule has 10 nitrogen and oxygen atoms in total. The number of anilines is 2. The van der Waals surface area contributed by atoms with Crippen LogP contribution in [0.3, 0.4) is 0 Å². The number of halogens is 4. The molecule has 0 spiro atoms. The zero-order valence-corrected chi connectivity index (χ0v) is 29.4. The Balaban J connectivity index is 1.53. The Kier molecular flexibility index (Phi) is 14.2. The lowest BCUT2D eigenvalue weighted by Crippen LogP contribution is -2.47. The van der Waals surface area contributed by atoms with Gasteiger partial charge in [0.15, 0.2) is 0 Å².